The highest BCUT2D eigenvalue weighted by Crippen LogP contribution is 2.18. The quantitative estimate of drug-likeness (QED) is 0.747. The molecule has 10 heteroatoms. The summed E-state index contributed by atoms with van der Waals surface area (Å²) in [4.78, 5) is 27.6. The van der Waals surface area contributed by atoms with Crippen LogP contribution in [0.2, 0.25) is 0 Å². The number of piperidine rings is 1. The summed E-state index contributed by atoms with van der Waals surface area (Å²) < 4.78 is 1.88. The average molecular weight is 400 g/mol. The van der Waals surface area contributed by atoms with Crippen LogP contribution in [0.15, 0.2) is 30.9 Å². The van der Waals surface area contributed by atoms with Crippen LogP contribution < -0.4 is 10.2 Å². The molecule has 2 saturated heterocycles. The summed E-state index contributed by atoms with van der Waals surface area (Å²) in [5, 5.41) is 11.0. The number of amides is 2. The zero-order chi connectivity index (χ0) is 19.9. The average Bonchev–Trinajstić information content (AvgIpc) is 3.28. The largest absolute Gasteiger partial charge is 0.338 e. The number of anilines is 1. The van der Waals surface area contributed by atoms with E-state index in [4.69, 9.17) is 0 Å². The lowest BCUT2D eigenvalue weighted by Crippen LogP contribution is -2.50. The minimum absolute atomic E-state index is 0.0560. The standard InChI is InChI=1S/C19H29N9O/c29-19(27-8-2-17(3-9-27)16-28-11-7-23-24-28)22-6-10-25-12-14-26(15-13-25)18-20-4-1-5-21-18/h1,4-5,7,11,17H,2-3,6,8-10,12-16H2,(H,22,29). The van der Waals surface area contributed by atoms with Crippen molar-refractivity contribution in [3.63, 3.8) is 0 Å². The molecule has 0 aliphatic carbocycles. The van der Waals surface area contributed by atoms with Crippen LogP contribution in [0.4, 0.5) is 10.7 Å². The lowest BCUT2D eigenvalue weighted by Gasteiger charge is -2.35. The first-order chi connectivity index (χ1) is 14.3. The molecule has 2 aliphatic heterocycles. The maximum atomic E-state index is 12.4. The van der Waals surface area contributed by atoms with Crippen LogP contribution in [-0.2, 0) is 6.54 Å². The number of hydrogen-bond donors (Lipinski definition) is 1. The van der Waals surface area contributed by atoms with Crippen molar-refractivity contribution in [1.82, 2.24) is 40.1 Å². The van der Waals surface area contributed by atoms with Crippen molar-refractivity contribution >= 4 is 12.0 Å². The molecular formula is C19H29N9O. The molecule has 2 amide bonds. The Morgan fingerprint density at radius 2 is 1.79 bits per heavy atom. The third-order valence-corrected chi connectivity index (χ3v) is 5.73. The van der Waals surface area contributed by atoms with E-state index in [2.05, 4.69) is 35.4 Å². The summed E-state index contributed by atoms with van der Waals surface area (Å²) in [5.74, 6) is 1.36. The lowest BCUT2D eigenvalue weighted by atomic mass is 9.97. The summed E-state index contributed by atoms with van der Waals surface area (Å²) in [6, 6.07) is 1.89. The third kappa shape index (κ3) is 5.41. The van der Waals surface area contributed by atoms with Gasteiger partial charge in [0, 0.05) is 77.5 Å². The summed E-state index contributed by atoms with van der Waals surface area (Å²) in [7, 11) is 0. The Bertz CT molecular complexity index is 738. The van der Waals surface area contributed by atoms with Gasteiger partial charge in [0.1, 0.15) is 0 Å². The smallest absolute Gasteiger partial charge is 0.317 e. The Morgan fingerprint density at radius 1 is 1.03 bits per heavy atom. The predicted octanol–water partition coefficient (Wildman–Crippen LogP) is 0.312. The Labute approximate surface area is 170 Å². The number of carbonyl (C=O) groups is 1. The molecule has 29 heavy (non-hydrogen) atoms. The normalized spacial score (nSPS) is 18.8. The number of nitrogens with one attached hydrogen (secondary N) is 1. The first-order valence-electron chi connectivity index (χ1n) is 10.4. The molecule has 4 rings (SSSR count). The van der Waals surface area contributed by atoms with Gasteiger partial charge < -0.3 is 15.1 Å². The number of urea groups is 1. The number of hydrogen-bond acceptors (Lipinski definition) is 7. The number of nitrogens with zero attached hydrogens (tertiary/aromatic N) is 8. The molecule has 0 saturated carbocycles. The number of aromatic nitrogens is 5. The van der Waals surface area contributed by atoms with Crippen LogP contribution in [-0.4, -0.2) is 93.2 Å². The van der Waals surface area contributed by atoms with E-state index in [1.807, 2.05) is 21.8 Å². The molecule has 156 valence electrons. The summed E-state index contributed by atoms with van der Waals surface area (Å²) in [5.41, 5.74) is 0. The summed E-state index contributed by atoms with van der Waals surface area (Å²) in [6.07, 6.45) is 9.18. The van der Waals surface area contributed by atoms with Crippen molar-refractivity contribution in [3.05, 3.63) is 30.9 Å². The van der Waals surface area contributed by atoms with E-state index < -0.39 is 0 Å². The molecule has 0 radical (unpaired) electrons. The van der Waals surface area contributed by atoms with E-state index in [0.717, 1.165) is 71.1 Å². The molecule has 0 atom stereocenters. The molecule has 10 nitrogen and oxygen atoms in total. The summed E-state index contributed by atoms with van der Waals surface area (Å²) >= 11 is 0. The second-order valence-corrected chi connectivity index (χ2v) is 7.66. The zero-order valence-corrected chi connectivity index (χ0v) is 16.7. The molecule has 2 fully saturated rings. The molecule has 2 aliphatic rings. The number of likely N-dealkylation sites (tertiary alicyclic amines) is 1. The van der Waals surface area contributed by atoms with Crippen LogP contribution >= 0.6 is 0 Å². The fourth-order valence-corrected chi connectivity index (χ4v) is 3.97. The highest BCUT2D eigenvalue weighted by atomic mass is 16.2. The highest BCUT2D eigenvalue weighted by Gasteiger charge is 2.23. The van der Waals surface area contributed by atoms with Gasteiger partial charge in [-0.3, -0.25) is 9.58 Å². The molecule has 2 aromatic rings. The van der Waals surface area contributed by atoms with E-state index in [-0.39, 0.29) is 6.03 Å². The van der Waals surface area contributed by atoms with Gasteiger partial charge in [0.15, 0.2) is 0 Å². The third-order valence-electron chi connectivity index (χ3n) is 5.73. The van der Waals surface area contributed by atoms with Crippen LogP contribution in [0.3, 0.4) is 0 Å². The van der Waals surface area contributed by atoms with Crippen molar-refractivity contribution in [2.24, 2.45) is 5.92 Å². The van der Waals surface area contributed by atoms with E-state index in [0.29, 0.717) is 12.5 Å². The second-order valence-electron chi connectivity index (χ2n) is 7.66. The minimum Gasteiger partial charge on any atom is -0.338 e. The van der Waals surface area contributed by atoms with E-state index in [1.165, 1.54) is 0 Å². The van der Waals surface area contributed by atoms with Crippen molar-refractivity contribution in [2.45, 2.75) is 19.4 Å². The molecule has 2 aromatic heterocycles. The molecular weight excluding hydrogens is 370 g/mol. The number of carbonyl (C=O) groups excluding carboxylic acids is 1. The van der Waals surface area contributed by atoms with Gasteiger partial charge in [-0.1, -0.05) is 5.21 Å². The minimum atomic E-state index is 0.0560. The SMILES string of the molecule is O=C(NCCN1CCN(c2ncccn2)CC1)N1CCC(Cn2ccnn2)CC1. The fourth-order valence-electron chi connectivity index (χ4n) is 3.97. The predicted molar refractivity (Wildman–Crippen MR) is 108 cm³/mol. The van der Waals surface area contributed by atoms with E-state index >= 15 is 0 Å². The maximum Gasteiger partial charge on any atom is 0.317 e. The van der Waals surface area contributed by atoms with Gasteiger partial charge >= 0.3 is 6.03 Å². The van der Waals surface area contributed by atoms with Gasteiger partial charge in [-0.15, -0.1) is 5.10 Å². The second kappa shape index (κ2) is 9.64. The Balaban J connectivity index is 1.11. The van der Waals surface area contributed by atoms with Crippen molar-refractivity contribution < 1.29 is 4.79 Å². The molecule has 0 unspecified atom stereocenters. The molecule has 0 bridgehead atoms. The maximum absolute atomic E-state index is 12.4. The van der Waals surface area contributed by atoms with Crippen LogP contribution in [0.25, 0.3) is 0 Å². The van der Waals surface area contributed by atoms with Gasteiger partial charge in [-0.05, 0) is 24.8 Å². The zero-order valence-electron chi connectivity index (χ0n) is 16.7. The Hall–Kier alpha value is -2.75. The topological polar surface area (TPSA) is 95.3 Å². The van der Waals surface area contributed by atoms with Crippen molar-refractivity contribution in [2.75, 3.05) is 57.3 Å². The fraction of sp³-hybridized carbons (Fsp3) is 0.632. The van der Waals surface area contributed by atoms with Gasteiger partial charge in [-0.2, -0.15) is 0 Å². The number of rotatable bonds is 6. The van der Waals surface area contributed by atoms with Crippen LogP contribution in [0, 0.1) is 5.92 Å². The van der Waals surface area contributed by atoms with Gasteiger partial charge in [0.25, 0.3) is 0 Å². The summed E-state index contributed by atoms with van der Waals surface area (Å²) in [6.45, 7) is 7.80. The van der Waals surface area contributed by atoms with Gasteiger partial charge in [0.2, 0.25) is 5.95 Å². The first kappa shape index (κ1) is 19.6. The number of piperazine rings is 1. The monoisotopic (exact) mass is 399 g/mol. The van der Waals surface area contributed by atoms with Crippen molar-refractivity contribution in [1.29, 1.82) is 0 Å². The van der Waals surface area contributed by atoms with Crippen LogP contribution in [0.5, 0.6) is 0 Å². The molecule has 0 spiro atoms. The molecule has 0 aromatic carbocycles. The Kier molecular flexibility index (Phi) is 6.50. The van der Waals surface area contributed by atoms with Gasteiger partial charge in [0.05, 0.1) is 6.20 Å². The lowest BCUT2D eigenvalue weighted by molar-refractivity contribution is 0.162. The highest BCUT2D eigenvalue weighted by molar-refractivity contribution is 5.74. The first-order valence-corrected chi connectivity index (χ1v) is 10.4. The molecule has 4 heterocycles. The Morgan fingerprint density at radius 3 is 2.48 bits per heavy atom. The van der Waals surface area contributed by atoms with Crippen LogP contribution in [0.1, 0.15) is 12.8 Å². The van der Waals surface area contributed by atoms with E-state index in [9.17, 15) is 4.79 Å². The van der Waals surface area contributed by atoms with Crippen molar-refractivity contribution in [3.8, 4) is 0 Å². The molecule has 1 N–H and O–H groups in total. The van der Waals surface area contributed by atoms with Gasteiger partial charge in [-0.25, -0.2) is 14.8 Å². The van der Waals surface area contributed by atoms with E-state index in [1.54, 1.807) is 18.6 Å².